The first-order chi connectivity index (χ1) is 14.1. The molecule has 0 atom stereocenters. The summed E-state index contributed by atoms with van der Waals surface area (Å²) in [6.45, 7) is 1.63. The van der Waals surface area contributed by atoms with Crippen molar-refractivity contribution in [1.29, 1.82) is 10.5 Å². The molecule has 0 amide bonds. The molecular formula is C24H20N2O3. The normalized spacial score (nSPS) is 16.6. The molecule has 0 aliphatic heterocycles. The number of carbonyl (C=O) groups is 1. The highest BCUT2D eigenvalue weighted by Gasteiger charge is 2.18. The molecule has 2 aromatic rings. The minimum absolute atomic E-state index is 0.0198. The predicted octanol–water partition coefficient (Wildman–Crippen LogP) is 4.49. The molecular weight excluding hydrogens is 364 g/mol. The molecule has 1 aliphatic carbocycles. The second-order valence-electron chi connectivity index (χ2n) is 6.71. The summed E-state index contributed by atoms with van der Waals surface area (Å²) in [5.74, 6) is 0.954. The van der Waals surface area contributed by atoms with Gasteiger partial charge in [0.25, 0.3) is 0 Å². The van der Waals surface area contributed by atoms with E-state index in [2.05, 4.69) is 0 Å². The van der Waals surface area contributed by atoms with Crippen molar-refractivity contribution < 1.29 is 14.3 Å². The van der Waals surface area contributed by atoms with Crippen LogP contribution in [-0.4, -0.2) is 19.0 Å². The number of hydrogen-bond acceptors (Lipinski definition) is 5. The van der Waals surface area contributed by atoms with Crippen LogP contribution in [0.4, 0.5) is 0 Å². The van der Waals surface area contributed by atoms with Gasteiger partial charge in [0.15, 0.2) is 19.0 Å². The highest BCUT2D eigenvalue weighted by Crippen LogP contribution is 2.37. The molecule has 0 unspecified atom stereocenters. The Morgan fingerprint density at radius 3 is 2.45 bits per heavy atom. The highest BCUT2D eigenvalue weighted by molar-refractivity contribution is 6.01. The lowest BCUT2D eigenvalue weighted by atomic mass is 9.90. The van der Waals surface area contributed by atoms with E-state index in [1.54, 1.807) is 12.1 Å². The van der Waals surface area contributed by atoms with E-state index in [-0.39, 0.29) is 19.0 Å². The lowest BCUT2D eigenvalue weighted by molar-refractivity contribution is -0.113. The van der Waals surface area contributed by atoms with Crippen LogP contribution in [-0.2, 0) is 11.2 Å². The van der Waals surface area contributed by atoms with Crippen LogP contribution < -0.4 is 9.47 Å². The van der Waals surface area contributed by atoms with E-state index in [4.69, 9.17) is 20.0 Å². The summed E-state index contributed by atoms with van der Waals surface area (Å²) < 4.78 is 11.1. The molecule has 144 valence electrons. The van der Waals surface area contributed by atoms with Crippen molar-refractivity contribution >= 4 is 17.4 Å². The van der Waals surface area contributed by atoms with Crippen molar-refractivity contribution in [2.75, 3.05) is 13.2 Å². The van der Waals surface area contributed by atoms with Crippen molar-refractivity contribution in [3.05, 3.63) is 70.8 Å². The Hall–Kier alpha value is -3.83. The number of allylic oxidation sites excluding steroid dienone is 3. The summed E-state index contributed by atoms with van der Waals surface area (Å²) in [7, 11) is 0. The van der Waals surface area contributed by atoms with Gasteiger partial charge in [0.05, 0.1) is 0 Å². The number of carbonyl (C=O) groups excluding carboxylic acids is 1. The lowest BCUT2D eigenvalue weighted by Crippen LogP contribution is -2.06. The Bertz CT molecular complexity index is 1050. The lowest BCUT2D eigenvalue weighted by Gasteiger charge is -2.19. The summed E-state index contributed by atoms with van der Waals surface area (Å²) in [6, 6.07) is 17.4. The fraction of sp³-hybridized carbons (Fsp3) is 0.208. The van der Waals surface area contributed by atoms with Crippen LogP contribution in [0.25, 0.3) is 11.6 Å². The van der Waals surface area contributed by atoms with Crippen molar-refractivity contribution in [3.8, 4) is 23.6 Å². The molecule has 5 nitrogen and oxygen atoms in total. The zero-order valence-electron chi connectivity index (χ0n) is 16.1. The van der Waals surface area contributed by atoms with E-state index in [1.165, 1.54) is 0 Å². The van der Waals surface area contributed by atoms with Gasteiger partial charge in [-0.15, -0.1) is 0 Å². The molecule has 0 radical (unpaired) electrons. The standard InChI is InChI=1S/C24H20N2O3/c1-17-11-21(27)14-19(12-18-5-3-2-4-6-18)13-20-15-22(28-9-7-25)16-23(24(17)20)29-10-8-26/h2-6,11,13,15-16H,9-10,12,14H2,1H3/b17-11-,19-13+. The maximum Gasteiger partial charge on any atom is 0.174 e. The molecule has 0 saturated heterocycles. The molecule has 1 aliphatic rings. The minimum Gasteiger partial charge on any atom is -0.479 e. The number of ketones is 1. The van der Waals surface area contributed by atoms with Gasteiger partial charge in [0.1, 0.15) is 23.6 Å². The fourth-order valence-electron chi connectivity index (χ4n) is 3.40. The van der Waals surface area contributed by atoms with Crippen LogP contribution in [0, 0.1) is 22.7 Å². The second kappa shape index (κ2) is 9.39. The molecule has 5 heteroatoms. The van der Waals surface area contributed by atoms with Gasteiger partial charge in [-0.3, -0.25) is 4.79 Å². The van der Waals surface area contributed by atoms with Crippen LogP contribution in [0.1, 0.15) is 30.0 Å². The van der Waals surface area contributed by atoms with E-state index in [0.717, 1.165) is 27.8 Å². The molecule has 0 spiro atoms. The molecule has 0 N–H and O–H groups in total. The van der Waals surface area contributed by atoms with Gasteiger partial charge < -0.3 is 9.47 Å². The molecule has 2 aromatic carbocycles. The third kappa shape index (κ3) is 5.12. The van der Waals surface area contributed by atoms with Crippen molar-refractivity contribution in [1.82, 2.24) is 0 Å². The van der Waals surface area contributed by atoms with Gasteiger partial charge in [-0.1, -0.05) is 42.0 Å². The van der Waals surface area contributed by atoms with Gasteiger partial charge in [-0.25, -0.2) is 0 Å². The molecule has 0 fully saturated rings. The van der Waals surface area contributed by atoms with E-state index < -0.39 is 0 Å². The zero-order chi connectivity index (χ0) is 20.6. The molecule has 29 heavy (non-hydrogen) atoms. The number of nitriles is 2. The number of benzene rings is 2. The summed E-state index contributed by atoms with van der Waals surface area (Å²) in [4.78, 5) is 12.5. The van der Waals surface area contributed by atoms with Crippen LogP contribution in [0.15, 0.2) is 54.1 Å². The molecule has 0 saturated carbocycles. The van der Waals surface area contributed by atoms with Gasteiger partial charge in [0, 0.05) is 18.1 Å². The highest BCUT2D eigenvalue weighted by atomic mass is 16.5. The Labute approximate surface area is 170 Å². The van der Waals surface area contributed by atoms with Gasteiger partial charge in [-0.2, -0.15) is 10.5 Å². The quantitative estimate of drug-likeness (QED) is 0.732. The van der Waals surface area contributed by atoms with Crippen LogP contribution >= 0.6 is 0 Å². The first-order valence-corrected chi connectivity index (χ1v) is 9.23. The Morgan fingerprint density at radius 1 is 1.00 bits per heavy atom. The topological polar surface area (TPSA) is 83.1 Å². The summed E-state index contributed by atoms with van der Waals surface area (Å²) >= 11 is 0. The monoisotopic (exact) mass is 384 g/mol. The smallest absolute Gasteiger partial charge is 0.174 e. The largest absolute Gasteiger partial charge is 0.479 e. The Balaban J connectivity index is 2.12. The summed E-state index contributed by atoms with van der Waals surface area (Å²) in [5.41, 5.74) is 4.44. The van der Waals surface area contributed by atoms with Crippen LogP contribution in [0.5, 0.6) is 11.5 Å². The number of rotatable bonds is 6. The Kier molecular flexibility index (Phi) is 6.45. The molecule has 3 rings (SSSR count). The molecule has 0 aromatic heterocycles. The third-order valence-electron chi connectivity index (χ3n) is 4.51. The third-order valence-corrected chi connectivity index (χ3v) is 4.51. The zero-order valence-corrected chi connectivity index (χ0v) is 16.1. The summed E-state index contributed by atoms with van der Waals surface area (Å²) in [6.07, 6.45) is 4.57. The van der Waals surface area contributed by atoms with E-state index >= 15 is 0 Å². The van der Waals surface area contributed by atoms with Gasteiger partial charge in [-0.05, 0) is 42.2 Å². The first-order valence-electron chi connectivity index (χ1n) is 9.23. The van der Waals surface area contributed by atoms with E-state index in [0.29, 0.717) is 24.3 Å². The van der Waals surface area contributed by atoms with Crippen LogP contribution in [0.3, 0.4) is 0 Å². The predicted molar refractivity (Wildman–Crippen MR) is 110 cm³/mol. The maximum absolute atomic E-state index is 12.5. The number of fused-ring (bicyclic) bond motifs is 1. The maximum atomic E-state index is 12.5. The van der Waals surface area contributed by atoms with Gasteiger partial charge in [0.2, 0.25) is 0 Å². The molecule has 0 bridgehead atoms. The number of hydrogen-bond donors (Lipinski definition) is 0. The fourth-order valence-corrected chi connectivity index (χ4v) is 3.40. The average Bonchev–Trinajstić information content (AvgIpc) is 2.70. The SMILES string of the molecule is C/C1=C/C(=O)C/C(Cc2ccccc2)=C/c2cc(OCC#N)cc(OCC#N)c21. The second-order valence-corrected chi connectivity index (χ2v) is 6.71. The van der Waals surface area contributed by atoms with Crippen molar-refractivity contribution in [3.63, 3.8) is 0 Å². The number of ether oxygens (including phenoxy) is 2. The first kappa shape index (κ1) is 19.9. The van der Waals surface area contributed by atoms with Crippen LogP contribution in [0.2, 0.25) is 0 Å². The van der Waals surface area contributed by atoms with E-state index in [9.17, 15) is 4.79 Å². The summed E-state index contributed by atoms with van der Waals surface area (Å²) in [5, 5.41) is 17.8. The van der Waals surface area contributed by atoms with E-state index in [1.807, 2.05) is 61.5 Å². The van der Waals surface area contributed by atoms with Gasteiger partial charge >= 0.3 is 0 Å². The minimum atomic E-state index is -0.129. The van der Waals surface area contributed by atoms with Crippen molar-refractivity contribution in [2.45, 2.75) is 19.8 Å². The average molecular weight is 384 g/mol. The Morgan fingerprint density at radius 2 is 1.72 bits per heavy atom. The number of nitrogens with zero attached hydrogens (tertiary/aromatic N) is 2. The molecule has 0 heterocycles. The van der Waals surface area contributed by atoms with Crippen molar-refractivity contribution in [2.24, 2.45) is 0 Å².